The highest BCUT2D eigenvalue weighted by molar-refractivity contribution is 6.36. The van der Waals surface area contributed by atoms with Crippen molar-refractivity contribution < 1.29 is 26.7 Å². The second kappa shape index (κ2) is 9.25. The van der Waals surface area contributed by atoms with Crippen molar-refractivity contribution in [1.82, 2.24) is 15.5 Å². The number of hydrogen-bond donors (Lipinski definition) is 2. The second-order valence-electron chi connectivity index (χ2n) is 6.59. The molecule has 0 aliphatic heterocycles. The number of benzene rings is 2. The van der Waals surface area contributed by atoms with Crippen molar-refractivity contribution in [1.29, 1.82) is 0 Å². The Bertz CT molecular complexity index is 1210. The minimum absolute atomic E-state index is 0.0340. The highest BCUT2D eigenvalue weighted by atomic mass is 35.5. The average molecular weight is 491 g/mol. The number of nitrogens with one attached hydrogen (secondary N) is 2. The first-order chi connectivity index (χ1) is 15.0. The maximum absolute atomic E-state index is 13.5. The molecule has 168 valence electrons. The summed E-state index contributed by atoms with van der Waals surface area (Å²) in [6, 6.07) is 6.80. The molecule has 12 heteroatoms. The van der Waals surface area contributed by atoms with E-state index in [1.54, 1.807) is 0 Å². The molecule has 1 heterocycles. The van der Waals surface area contributed by atoms with Gasteiger partial charge in [-0.05, 0) is 43.3 Å². The van der Waals surface area contributed by atoms with Crippen LogP contribution >= 0.6 is 23.2 Å². The summed E-state index contributed by atoms with van der Waals surface area (Å²) in [6.45, 7) is 1.21. The monoisotopic (exact) mass is 490 g/mol. The van der Waals surface area contributed by atoms with Gasteiger partial charge in [-0.3, -0.25) is 9.89 Å². The van der Waals surface area contributed by atoms with E-state index < -0.39 is 29.4 Å². The fraction of sp³-hybridized carbons (Fsp3) is 0.150. The topological polar surface area (TPSA) is 70.1 Å². The Labute approximate surface area is 188 Å². The van der Waals surface area contributed by atoms with E-state index >= 15 is 0 Å². The summed E-state index contributed by atoms with van der Waals surface area (Å²) in [5, 5.41) is 8.40. The highest BCUT2D eigenvalue weighted by Gasteiger charge is 2.36. The van der Waals surface area contributed by atoms with E-state index in [9.17, 15) is 26.7 Å². The first kappa shape index (κ1) is 23.7. The van der Waals surface area contributed by atoms with E-state index in [0.717, 1.165) is 12.1 Å². The van der Waals surface area contributed by atoms with Crippen LogP contribution in [-0.2, 0) is 12.6 Å². The second-order valence-corrected chi connectivity index (χ2v) is 7.43. The Balaban J connectivity index is 1.98. The maximum atomic E-state index is 13.5. The third kappa shape index (κ3) is 5.43. The van der Waals surface area contributed by atoms with Crippen LogP contribution in [0.5, 0.6) is 0 Å². The van der Waals surface area contributed by atoms with E-state index in [1.807, 2.05) is 0 Å². The molecule has 5 nitrogen and oxygen atoms in total. The third-order valence-corrected chi connectivity index (χ3v) is 4.87. The zero-order valence-corrected chi connectivity index (χ0v) is 17.6. The molecule has 0 saturated heterocycles. The van der Waals surface area contributed by atoms with Crippen LogP contribution in [0.2, 0.25) is 10.0 Å². The van der Waals surface area contributed by atoms with Gasteiger partial charge in [-0.15, -0.1) is 0 Å². The van der Waals surface area contributed by atoms with Crippen molar-refractivity contribution in [3.05, 3.63) is 80.6 Å². The predicted octanol–water partition coefficient (Wildman–Crippen LogP) is 6.02. The molecule has 3 aromatic rings. The molecule has 0 atom stereocenters. The molecule has 0 aliphatic carbocycles. The number of halogens is 7. The van der Waals surface area contributed by atoms with Gasteiger partial charge < -0.3 is 5.32 Å². The number of aromatic nitrogens is 2. The molecular weight excluding hydrogens is 478 g/mol. The van der Waals surface area contributed by atoms with Crippen LogP contribution in [0.25, 0.3) is 0 Å². The predicted molar refractivity (Wildman–Crippen MR) is 109 cm³/mol. The third-order valence-electron chi connectivity index (χ3n) is 4.33. The molecule has 2 N–H and O–H groups in total. The lowest BCUT2D eigenvalue weighted by molar-refractivity contribution is -0.141. The number of carbonyl (C=O) groups is 1. The number of aliphatic imine (C=N–C) groups is 1. The molecule has 0 radical (unpaired) electrons. The summed E-state index contributed by atoms with van der Waals surface area (Å²) in [5.41, 5.74) is -1.31. The molecule has 0 bridgehead atoms. The number of amidine groups is 1. The highest BCUT2D eigenvalue weighted by Crippen LogP contribution is 2.32. The summed E-state index contributed by atoms with van der Waals surface area (Å²) in [7, 11) is 0. The summed E-state index contributed by atoms with van der Waals surface area (Å²) >= 11 is 12.0. The number of carbonyl (C=O) groups excluding carboxylic acids is 1. The van der Waals surface area contributed by atoms with E-state index in [0.29, 0.717) is 11.1 Å². The Morgan fingerprint density at radius 1 is 1.12 bits per heavy atom. The van der Waals surface area contributed by atoms with Crippen LogP contribution in [0, 0.1) is 18.6 Å². The molecule has 1 amide bonds. The van der Waals surface area contributed by atoms with E-state index in [2.05, 4.69) is 20.5 Å². The lowest BCUT2D eigenvalue weighted by Gasteiger charge is -2.11. The summed E-state index contributed by atoms with van der Waals surface area (Å²) < 4.78 is 65.8. The Kier molecular flexibility index (Phi) is 6.85. The summed E-state index contributed by atoms with van der Waals surface area (Å²) in [4.78, 5) is 16.8. The fourth-order valence-corrected chi connectivity index (χ4v) is 3.17. The minimum Gasteiger partial charge on any atom is -0.310 e. The molecule has 0 aliphatic rings. The fourth-order valence-electron chi connectivity index (χ4n) is 2.72. The Hall–Kier alpha value is -2.98. The number of aromatic amines is 1. The molecule has 3 rings (SSSR count). The maximum Gasteiger partial charge on any atom is 0.435 e. The number of alkyl halides is 3. The van der Waals surface area contributed by atoms with E-state index in [1.165, 1.54) is 25.1 Å². The Morgan fingerprint density at radius 3 is 2.44 bits per heavy atom. The van der Waals surface area contributed by atoms with Gasteiger partial charge in [-0.2, -0.15) is 18.3 Å². The number of amides is 1. The van der Waals surface area contributed by atoms with E-state index in [-0.39, 0.29) is 39.8 Å². The standard InChI is InChI=1S/C20H13Cl2F5N4O/c1-9-16(30-31-18(9)20(25,26)27)8-17(28-15-5-3-11(21)7-12(15)22)29-19(32)10-2-4-13(23)14(24)6-10/h2-7H,8H2,1H3,(H,30,31)(H,28,29,32). The lowest BCUT2D eigenvalue weighted by atomic mass is 10.1. The number of H-pyrrole nitrogens is 1. The van der Waals surface area contributed by atoms with Gasteiger partial charge in [-0.25, -0.2) is 13.8 Å². The van der Waals surface area contributed by atoms with Gasteiger partial charge in [0.15, 0.2) is 17.3 Å². The normalized spacial score (nSPS) is 12.2. The van der Waals surface area contributed by atoms with Gasteiger partial charge in [0, 0.05) is 28.3 Å². The molecule has 0 saturated carbocycles. The van der Waals surface area contributed by atoms with Crippen LogP contribution in [0.15, 0.2) is 41.4 Å². The van der Waals surface area contributed by atoms with Crippen molar-refractivity contribution in [3.8, 4) is 0 Å². The number of hydrogen-bond acceptors (Lipinski definition) is 3. The van der Waals surface area contributed by atoms with Gasteiger partial charge in [0.25, 0.3) is 5.91 Å². The van der Waals surface area contributed by atoms with Crippen molar-refractivity contribution in [3.63, 3.8) is 0 Å². The van der Waals surface area contributed by atoms with Crippen LogP contribution in [0.1, 0.15) is 27.3 Å². The molecule has 1 aromatic heterocycles. The van der Waals surface area contributed by atoms with Crippen LogP contribution in [-0.4, -0.2) is 21.9 Å². The van der Waals surface area contributed by atoms with Crippen molar-refractivity contribution >= 4 is 40.6 Å². The van der Waals surface area contributed by atoms with E-state index in [4.69, 9.17) is 23.2 Å². The molecule has 0 fully saturated rings. The quantitative estimate of drug-likeness (QED) is 0.266. The van der Waals surface area contributed by atoms with Crippen molar-refractivity contribution in [2.75, 3.05) is 0 Å². The summed E-state index contributed by atoms with van der Waals surface area (Å²) in [6.07, 6.45) is -4.98. The smallest absolute Gasteiger partial charge is 0.310 e. The molecule has 0 spiro atoms. The molecular formula is C20H13Cl2F5N4O. The largest absolute Gasteiger partial charge is 0.435 e. The zero-order valence-electron chi connectivity index (χ0n) is 16.1. The number of nitrogens with zero attached hydrogens (tertiary/aromatic N) is 2. The molecule has 2 aromatic carbocycles. The zero-order chi connectivity index (χ0) is 23.6. The number of rotatable bonds is 4. The lowest BCUT2D eigenvalue weighted by Crippen LogP contribution is -2.32. The van der Waals surface area contributed by atoms with Gasteiger partial charge in [-0.1, -0.05) is 23.2 Å². The minimum atomic E-state index is -4.68. The van der Waals surface area contributed by atoms with Crippen molar-refractivity contribution in [2.24, 2.45) is 4.99 Å². The van der Waals surface area contributed by atoms with Crippen LogP contribution in [0.3, 0.4) is 0 Å². The van der Waals surface area contributed by atoms with Crippen LogP contribution in [0.4, 0.5) is 27.6 Å². The van der Waals surface area contributed by atoms with Gasteiger partial charge in [0.05, 0.1) is 10.7 Å². The Morgan fingerprint density at radius 2 is 1.84 bits per heavy atom. The molecule has 0 unspecified atom stereocenters. The SMILES string of the molecule is Cc1c(C(F)(F)F)n[nH]c1CC(=Nc1ccc(Cl)cc1Cl)NC(=O)c1ccc(F)c(F)c1. The van der Waals surface area contributed by atoms with Gasteiger partial charge >= 0.3 is 6.18 Å². The van der Waals surface area contributed by atoms with Crippen molar-refractivity contribution in [2.45, 2.75) is 19.5 Å². The van der Waals surface area contributed by atoms with Gasteiger partial charge in [0.2, 0.25) is 0 Å². The summed E-state index contributed by atoms with van der Waals surface area (Å²) in [5.74, 6) is -3.36. The molecule has 32 heavy (non-hydrogen) atoms. The van der Waals surface area contributed by atoms with Gasteiger partial charge in [0.1, 0.15) is 5.84 Å². The first-order valence-electron chi connectivity index (χ1n) is 8.85. The van der Waals surface area contributed by atoms with Crippen LogP contribution < -0.4 is 5.32 Å². The average Bonchev–Trinajstić information content (AvgIpc) is 3.06. The first-order valence-corrected chi connectivity index (χ1v) is 9.61.